The number of amides is 1. The van der Waals surface area contributed by atoms with Crippen LogP contribution in [0.4, 0.5) is 17.3 Å². The second-order valence-electron chi connectivity index (χ2n) is 7.55. The van der Waals surface area contributed by atoms with E-state index in [2.05, 4.69) is 25.1 Å². The van der Waals surface area contributed by atoms with E-state index in [9.17, 15) is 9.90 Å². The second-order valence-corrected chi connectivity index (χ2v) is 7.55. The number of aliphatic hydroxyl groups excluding tert-OH is 1. The van der Waals surface area contributed by atoms with Gasteiger partial charge >= 0.3 is 0 Å². The van der Waals surface area contributed by atoms with Gasteiger partial charge in [-0.1, -0.05) is 18.2 Å². The van der Waals surface area contributed by atoms with Gasteiger partial charge in [0.15, 0.2) is 0 Å². The lowest BCUT2D eigenvalue weighted by Gasteiger charge is -2.33. The van der Waals surface area contributed by atoms with Gasteiger partial charge in [-0.05, 0) is 37.8 Å². The lowest BCUT2D eigenvalue weighted by molar-refractivity contribution is -0.120. The number of benzene rings is 1. The monoisotopic (exact) mass is 381 g/mol. The largest absolute Gasteiger partial charge is 0.394 e. The zero-order valence-electron chi connectivity index (χ0n) is 16.0. The van der Waals surface area contributed by atoms with Crippen LogP contribution in [0.15, 0.2) is 42.7 Å². The molecule has 1 amide bonds. The molecule has 2 atom stereocenters. The number of hydrogen-bond donors (Lipinski definition) is 2. The molecule has 148 valence electrons. The minimum Gasteiger partial charge on any atom is -0.394 e. The van der Waals surface area contributed by atoms with Crippen molar-refractivity contribution in [1.29, 1.82) is 0 Å². The Morgan fingerprint density at radius 3 is 2.71 bits per heavy atom. The summed E-state index contributed by atoms with van der Waals surface area (Å²) in [6, 6.07) is 11.7. The molecule has 0 aliphatic carbocycles. The van der Waals surface area contributed by atoms with E-state index >= 15 is 0 Å². The smallest absolute Gasteiger partial charge is 0.229 e. The fraction of sp³-hybridized carbons (Fsp3) is 0.476. The van der Waals surface area contributed by atoms with Crippen LogP contribution in [0.5, 0.6) is 0 Å². The zero-order valence-corrected chi connectivity index (χ0v) is 16.0. The molecule has 0 spiro atoms. The Balaban J connectivity index is 1.44. The number of carbonyl (C=O) groups is 1. The summed E-state index contributed by atoms with van der Waals surface area (Å²) in [7, 11) is 0. The number of nitrogens with one attached hydrogen (secondary N) is 1. The predicted octanol–water partition coefficient (Wildman–Crippen LogP) is 2.29. The van der Waals surface area contributed by atoms with Crippen LogP contribution in [0.25, 0.3) is 0 Å². The highest BCUT2D eigenvalue weighted by atomic mass is 16.3. The summed E-state index contributed by atoms with van der Waals surface area (Å²) in [6.45, 7) is 2.59. The van der Waals surface area contributed by atoms with Gasteiger partial charge < -0.3 is 20.2 Å². The molecule has 2 fully saturated rings. The summed E-state index contributed by atoms with van der Waals surface area (Å²) < 4.78 is 0. The van der Waals surface area contributed by atoms with Crippen molar-refractivity contribution in [2.75, 3.05) is 41.4 Å². The summed E-state index contributed by atoms with van der Waals surface area (Å²) in [5.74, 6) is 1.71. The van der Waals surface area contributed by atoms with Crippen molar-refractivity contribution in [3.63, 3.8) is 0 Å². The van der Waals surface area contributed by atoms with Crippen molar-refractivity contribution in [3.05, 3.63) is 42.7 Å². The first-order valence-corrected chi connectivity index (χ1v) is 10.0. The van der Waals surface area contributed by atoms with Gasteiger partial charge in [0.1, 0.15) is 18.0 Å². The highest BCUT2D eigenvalue weighted by Gasteiger charge is 2.29. The van der Waals surface area contributed by atoms with E-state index in [0.29, 0.717) is 6.54 Å². The Morgan fingerprint density at radius 1 is 1.11 bits per heavy atom. The van der Waals surface area contributed by atoms with Crippen LogP contribution in [0.2, 0.25) is 0 Å². The number of anilines is 3. The third kappa shape index (κ3) is 4.09. The Kier molecular flexibility index (Phi) is 5.71. The number of piperidine rings is 1. The van der Waals surface area contributed by atoms with Crippen LogP contribution in [0.3, 0.4) is 0 Å². The molecule has 2 aromatic rings. The van der Waals surface area contributed by atoms with Crippen LogP contribution in [0, 0.1) is 5.92 Å². The van der Waals surface area contributed by atoms with Gasteiger partial charge in [0.2, 0.25) is 5.91 Å². The van der Waals surface area contributed by atoms with Gasteiger partial charge in [-0.2, -0.15) is 0 Å². The summed E-state index contributed by atoms with van der Waals surface area (Å²) in [6.07, 6.45) is 5.48. The molecule has 2 aliphatic heterocycles. The Morgan fingerprint density at radius 2 is 1.89 bits per heavy atom. The Labute approximate surface area is 165 Å². The van der Waals surface area contributed by atoms with E-state index in [-0.39, 0.29) is 24.5 Å². The zero-order chi connectivity index (χ0) is 19.3. The molecule has 4 rings (SSSR count). The van der Waals surface area contributed by atoms with E-state index in [4.69, 9.17) is 0 Å². The highest BCUT2D eigenvalue weighted by molar-refractivity contribution is 5.93. The van der Waals surface area contributed by atoms with E-state index in [1.807, 2.05) is 36.4 Å². The molecule has 7 heteroatoms. The maximum absolute atomic E-state index is 12.7. The first-order chi connectivity index (χ1) is 13.7. The number of hydrogen-bond acceptors (Lipinski definition) is 6. The van der Waals surface area contributed by atoms with Gasteiger partial charge in [-0.3, -0.25) is 4.79 Å². The molecule has 2 N–H and O–H groups in total. The third-order valence-electron chi connectivity index (χ3n) is 5.68. The molecule has 2 aliphatic rings. The van der Waals surface area contributed by atoms with Crippen LogP contribution < -0.4 is 15.1 Å². The molecule has 1 aromatic carbocycles. The molecule has 0 saturated carbocycles. The molecular formula is C21H27N5O2. The summed E-state index contributed by atoms with van der Waals surface area (Å²) in [5, 5.41) is 12.6. The quantitative estimate of drug-likeness (QED) is 0.827. The van der Waals surface area contributed by atoms with Crippen LogP contribution in [-0.4, -0.2) is 53.3 Å². The number of rotatable bonds is 5. The summed E-state index contributed by atoms with van der Waals surface area (Å²) in [5.41, 5.74) is 0.832. The molecule has 0 bridgehead atoms. The number of carbonyl (C=O) groups excluding carboxylic acids is 1. The fourth-order valence-corrected chi connectivity index (χ4v) is 4.16. The van der Waals surface area contributed by atoms with Gasteiger partial charge in [0.05, 0.1) is 18.6 Å². The number of aliphatic hydroxyl groups is 1. The molecule has 3 heterocycles. The molecule has 0 unspecified atom stereocenters. The number of nitrogens with zero attached hydrogens (tertiary/aromatic N) is 4. The minimum absolute atomic E-state index is 0.0602. The van der Waals surface area contributed by atoms with Crippen molar-refractivity contribution in [1.82, 2.24) is 9.97 Å². The fourth-order valence-electron chi connectivity index (χ4n) is 4.16. The first-order valence-electron chi connectivity index (χ1n) is 10.0. The maximum atomic E-state index is 12.7. The maximum Gasteiger partial charge on any atom is 0.229 e. The molecule has 7 nitrogen and oxygen atoms in total. The van der Waals surface area contributed by atoms with Gasteiger partial charge in [-0.25, -0.2) is 9.97 Å². The Hall–Kier alpha value is -2.67. The highest BCUT2D eigenvalue weighted by Crippen LogP contribution is 2.28. The predicted molar refractivity (Wildman–Crippen MR) is 109 cm³/mol. The molecule has 1 aromatic heterocycles. The van der Waals surface area contributed by atoms with Gasteiger partial charge in [0.25, 0.3) is 0 Å². The van der Waals surface area contributed by atoms with E-state index in [0.717, 1.165) is 56.1 Å². The van der Waals surface area contributed by atoms with Crippen molar-refractivity contribution < 1.29 is 9.90 Å². The average Bonchev–Trinajstić information content (AvgIpc) is 3.24. The molecule has 0 radical (unpaired) electrons. The van der Waals surface area contributed by atoms with Crippen LogP contribution in [0.1, 0.15) is 25.7 Å². The van der Waals surface area contributed by atoms with Crippen molar-refractivity contribution in [2.24, 2.45) is 5.92 Å². The third-order valence-corrected chi connectivity index (χ3v) is 5.68. The normalized spacial score (nSPS) is 22.3. The van der Waals surface area contributed by atoms with E-state index in [1.54, 1.807) is 6.33 Å². The first kappa shape index (κ1) is 18.7. The molecule has 2 saturated heterocycles. The van der Waals surface area contributed by atoms with Crippen LogP contribution in [-0.2, 0) is 4.79 Å². The van der Waals surface area contributed by atoms with E-state index in [1.165, 1.54) is 0 Å². The Bertz CT molecular complexity index is 800. The van der Waals surface area contributed by atoms with Gasteiger partial charge in [-0.15, -0.1) is 0 Å². The molecular weight excluding hydrogens is 354 g/mol. The topological polar surface area (TPSA) is 81.6 Å². The van der Waals surface area contributed by atoms with Gasteiger partial charge in [0, 0.05) is 31.4 Å². The summed E-state index contributed by atoms with van der Waals surface area (Å²) in [4.78, 5) is 25.9. The van der Waals surface area contributed by atoms with Crippen molar-refractivity contribution in [3.8, 4) is 0 Å². The number of aromatic nitrogens is 2. The minimum atomic E-state index is -0.0654. The lowest BCUT2D eigenvalue weighted by atomic mass is 9.97. The van der Waals surface area contributed by atoms with E-state index < -0.39 is 0 Å². The molecule has 28 heavy (non-hydrogen) atoms. The van der Waals surface area contributed by atoms with Crippen molar-refractivity contribution in [2.45, 2.75) is 31.7 Å². The lowest BCUT2D eigenvalue weighted by Crippen LogP contribution is -2.41. The van der Waals surface area contributed by atoms with Crippen molar-refractivity contribution >= 4 is 23.2 Å². The summed E-state index contributed by atoms with van der Waals surface area (Å²) >= 11 is 0. The second kappa shape index (κ2) is 8.56. The standard InChI is InChI=1S/C21H27N5O2/c27-14-18-9-5-11-26(18)20-12-19(22-15-23-20)25-10-4-6-16(13-25)21(28)24-17-7-2-1-3-8-17/h1-3,7-8,12,15-16,18,27H,4-6,9-11,13-14H2,(H,24,28)/t16-,18+/m0/s1. The average molecular weight is 381 g/mol. The van der Waals surface area contributed by atoms with Crippen LogP contribution >= 0.6 is 0 Å². The number of para-hydroxylation sites is 1. The SMILES string of the molecule is O=C(Nc1ccccc1)[C@H]1CCCN(c2cc(N3CCC[C@@H]3CO)ncn2)C1.